The number of anilines is 1. The molecule has 0 spiro atoms. The fourth-order valence-electron chi connectivity index (χ4n) is 2.82. The van der Waals surface area contributed by atoms with E-state index in [2.05, 4.69) is 24.3 Å². The van der Waals surface area contributed by atoms with Crippen LogP contribution >= 0.6 is 0 Å². The van der Waals surface area contributed by atoms with Crippen molar-refractivity contribution in [3.05, 3.63) is 59.7 Å². The summed E-state index contributed by atoms with van der Waals surface area (Å²) in [5, 5.41) is 1.87. The fourth-order valence-corrected chi connectivity index (χ4v) is 2.82. The van der Waals surface area contributed by atoms with Gasteiger partial charge in [0, 0.05) is 5.56 Å². The molecular formula is C16H18N2O. The first-order valence-corrected chi connectivity index (χ1v) is 6.56. The smallest absolute Gasteiger partial charge is 0.124 e. The van der Waals surface area contributed by atoms with Crippen molar-refractivity contribution >= 4 is 5.69 Å². The Morgan fingerprint density at radius 2 is 1.84 bits per heavy atom. The lowest BCUT2D eigenvalue weighted by atomic mass is 9.92. The number of hydrazine groups is 1. The Labute approximate surface area is 113 Å². The number of para-hydroxylation sites is 2. The summed E-state index contributed by atoms with van der Waals surface area (Å²) in [7, 11) is 1.70. The van der Waals surface area contributed by atoms with Crippen LogP contribution in [0.25, 0.3) is 0 Å². The second-order valence-electron chi connectivity index (χ2n) is 4.83. The summed E-state index contributed by atoms with van der Waals surface area (Å²) in [6, 6.07) is 16.6. The monoisotopic (exact) mass is 254 g/mol. The van der Waals surface area contributed by atoms with E-state index in [1.165, 1.54) is 5.56 Å². The largest absolute Gasteiger partial charge is 0.496 e. The molecule has 2 aromatic carbocycles. The molecule has 1 aliphatic heterocycles. The minimum absolute atomic E-state index is 0.172. The maximum atomic E-state index is 6.32. The van der Waals surface area contributed by atoms with Crippen molar-refractivity contribution in [1.29, 1.82) is 0 Å². The van der Waals surface area contributed by atoms with E-state index in [0.717, 1.165) is 29.8 Å². The summed E-state index contributed by atoms with van der Waals surface area (Å²) in [6.45, 7) is 0. The number of aryl methyl sites for hydroxylation is 1. The van der Waals surface area contributed by atoms with Gasteiger partial charge in [-0.3, -0.25) is 0 Å². The van der Waals surface area contributed by atoms with E-state index in [1.807, 2.05) is 29.3 Å². The average molecular weight is 254 g/mol. The molecule has 3 nitrogen and oxygen atoms in total. The summed E-state index contributed by atoms with van der Waals surface area (Å²) in [5.41, 5.74) is 3.59. The highest BCUT2D eigenvalue weighted by atomic mass is 16.5. The lowest BCUT2D eigenvalue weighted by Gasteiger charge is -2.36. The van der Waals surface area contributed by atoms with Gasteiger partial charge >= 0.3 is 0 Å². The van der Waals surface area contributed by atoms with Crippen molar-refractivity contribution in [2.45, 2.75) is 18.9 Å². The lowest BCUT2D eigenvalue weighted by Crippen LogP contribution is -2.39. The van der Waals surface area contributed by atoms with Crippen molar-refractivity contribution in [3.63, 3.8) is 0 Å². The van der Waals surface area contributed by atoms with Gasteiger partial charge in [-0.05, 0) is 30.5 Å². The molecule has 0 saturated carbocycles. The van der Waals surface area contributed by atoms with Crippen LogP contribution in [-0.2, 0) is 6.42 Å². The molecule has 3 heteroatoms. The van der Waals surface area contributed by atoms with Crippen molar-refractivity contribution in [2.24, 2.45) is 5.84 Å². The number of nitrogens with two attached hydrogens (primary N) is 1. The van der Waals surface area contributed by atoms with Crippen LogP contribution in [-0.4, -0.2) is 7.11 Å². The van der Waals surface area contributed by atoms with Crippen molar-refractivity contribution in [1.82, 2.24) is 0 Å². The second kappa shape index (κ2) is 4.94. The molecule has 3 rings (SSSR count). The Morgan fingerprint density at radius 1 is 1.11 bits per heavy atom. The molecule has 0 aliphatic carbocycles. The predicted molar refractivity (Wildman–Crippen MR) is 77.2 cm³/mol. The van der Waals surface area contributed by atoms with Gasteiger partial charge in [-0.15, -0.1) is 0 Å². The van der Waals surface area contributed by atoms with Gasteiger partial charge in [-0.25, -0.2) is 5.84 Å². The molecule has 0 bridgehead atoms. The van der Waals surface area contributed by atoms with E-state index in [1.54, 1.807) is 7.11 Å². The van der Waals surface area contributed by atoms with E-state index in [-0.39, 0.29) is 6.04 Å². The van der Waals surface area contributed by atoms with E-state index in [9.17, 15) is 0 Å². The second-order valence-corrected chi connectivity index (χ2v) is 4.83. The molecule has 0 radical (unpaired) electrons. The number of fused-ring (bicyclic) bond motifs is 1. The number of rotatable bonds is 2. The summed E-state index contributed by atoms with van der Waals surface area (Å²) in [5.74, 6) is 7.23. The third-order valence-corrected chi connectivity index (χ3v) is 3.79. The fraction of sp³-hybridized carbons (Fsp3) is 0.250. The molecule has 0 aromatic heterocycles. The molecule has 2 aromatic rings. The van der Waals surface area contributed by atoms with Gasteiger partial charge in [-0.1, -0.05) is 36.4 Å². The van der Waals surface area contributed by atoms with E-state index in [0.29, 0.717) is 0 Å². The van der Waals surface area contributed by atoms with Gasteiger partial charge in [0.15, 0.2) is 0 Å². The SMILES string of the molecule is COc1ccccc1C1CCc2ccccc2N1N. The highest BCUT2D eigenvalue weighted by Crippen LogP contribution is 2.39. The molecule has 2 N–H and O–H groups in total. The molecule has 1 heterocycles. The molecule has 19 heavy (non-hydrogen) atoms. The normalized spacial score (nSPS) is 18.0. The molecule has 1 atom stereocenters. The third kappa shape index (κ3) is 2.06. The maximum Gasteiger partial charge on any atom is 0.124 e. The van der Waals surface area contributed by atoms with Crippen LogP contribution in [0.15, 0.2) is 48.5 Å². The zero-order chi connectivity index (χ0) is 13.2. The molecule has 0 saturated heterocycles. The van der Waals surface area contributed by atoms with Crippen LogP contribution in [0.3, 0.4) is 0 Å². The quantitative estimate of drug-likeness (QED) is 0.837. The Morgan fingerprint density at radius 3 is 2.68 bits per heavy atom. The van der Waals surface area contributed by atoms with Gasteiger partial charge in [-0.2, -0.15) is 0 Å². The molecule has 1 unspecified atom stereocenters. The van der Waals surface area contributed by atoms with Crippen molar-refractivity contribution in [2.75, 3.05) is 12.1 Å². The van der Waals surface area contributed by atoms with Crippen LogP contribution in [0.4, 0.5) is 5.69 Å². The Kier molecular flexibility index (Phi) is 3.13. The van der Waals surface area contributed by atoms with Crippen LogP contribution in [0.5, 0.6) is 5.75 Å². The van der Waals surface area contributed by atoms with E-state index >= 15 is 0 Å². The Balaban J connectivity index is 2.00. The summed E-state index contributed by atoms with van der Waals surface area (Å²) in [6.07, 6.45) is 2.06. The number of hydrogen-bond acceptors (Lipinski definition) is 3. The molecule has 0 amide bonds. The summed E-state index contributed by atoms with van der Waals surface area (Å²) in [4.78, 5) is 0. The highest BCUT2D eigenvalue weighted by molar-refractivity contribution is 5.57. The first-order valence-electron chi connectivity index (χ1n) is 6.56. The molecule has 98 valence electrons. The number of hydrogen-bond donors (Lipinski definition) is 1. The number of benzene rings is 2. The van der Waals surface area contributed by atoms with Crippen LogP contribution < -0.4 is 15.6 Å². The minimum atomic E-state index is 0.172. The van der Waals surface area contributed by atoms with Gasteiger partial charge in [0.05, 0.1) is 18.8 Å². The zero-order valence-corrected chi connectivity index (χ0v) is 11.0. The third-order valence-electron chi connectivity index (χ3n) is 3.79. The van der Waals surface area contributed by atoms with Gasteiger partial charge in [0.2, 0.25) is 0 Å². The summed E-state index contributed by atoms with van der Waals surface area (Å²) < 4.78 is 5.45. The van der Waals surface area contributed by atoms with Crippen LogP contribution in [0.1, 0.15) is 23.6 Å². The van der Waals surface area contributed by atoms with Gasteiger partial charge < -0.3 is 9.75 Å². The maximum absolute atomic E-state index is 6.32. The van der Waals surface area contributed by atoms with Crippen molar-refractivity contribution in [3.8, 4) is 5.75 Å². The topological polar surface area (TPSA) is 38.5 Å². The highest BCUT2D eigenvalue weighted by Gasteiger charge is 2.27. The molecule has 1 aliphatic rings. The average Bonchev–Trinajstić information content (AvgIpc) is 2.48. The van der Waals surface area contributed by atoms with E-state index < -0.39 is 0 Å². The first kappa shape index (κ1) is 12.1. The van der Waals surface area contributed by atoms with Crippen molar-refractivity contribution < 1.29 is 4.74 Å². The Hall–Kier alpha value is -2.00. The number of nitrogens with zero attached hydrogens (tertiary/aromatic N) is 1. The van der Waals surface area contributed by atoms with Gasteiger partial charge in [0.1, 0.15) is 5.75 Å². The van der Waals surface area contributed by atoms with E-state index in [4.69, 9.17) is 10.6 Å². The molecule has 0 fully saturated rings. The minimum Gasteiger partial charge on any atom is -0.496 e. The number of methoxy groups -OCH3 is 1. The zero-order valence-electron chi connectivity index (χ0n) is 11.0. The van der Waals surface area contributed by atoms with Gasteiger partial charge in [0.25, 0.3) is 0 Å². The standard InChI is InChI=1S/C16H18N2O/c1-19-16-9-5-3-7-13(16)15-11-10-12-6-2-4-8-14(12)18(15)17/h2-9,15H,10-11,17H2,1H3. The lowest BCUT2D eigenvalue weighted by molar-refractivity contribution is 0.400. The summed E-state index contributed by atoms with van der Waals surface area (Å²) >= 11 is 0. The Bertz CT molecular complexity index is 582. The molecular weight excluding hydrogens is 236 g/mol. The van der Waals surface area contributed by atoms with Crippen LogP contribution in [0, 0.1) is 0 Å². The van der Waals surface area contributed by atoms with Crippen LogP contribution in [0.2, 0.25) is 0 Å². The first-order chi connectivity index (χ1) is 9.31. The predicted octanol–water partition coefficient (Wildman–Crippen LogP) is 3.06. The number of ether oxygens (including phenoxy) is 1.